The van der Waals surface area contributed by atoms with Gasteiger partial charge in [0.25, 0.3) is 0 Å². The fourth-order valence-corrected chi connectivity index (χ4v) is 3.28. The molecule has 0 bridgehead atoms. The van der Waals surface area contributed by atoms with E-state index in [1.54, 1.807) is 4.90 Å². The summed E-state index contributed by atoms with van der Waals surface area (Å²) in [5.41, 5.74) is 4.44. The Morgan fingerprint density at radius 2 is 1.71 bits per heavy atom. The fraction of sp³-hybridized carbons (Fsp3) is 0.300. The molecule has 2 heterocycles. The zero-order chi connectivity index (χ0) is 16.5. The third-order valence-corrected chi connectivity index (χ3v) is 4.79. The number of anilines is 1. The molecule has 0 spiro atoms. The van der Waals surface area contributed by atoms with E-state index in [4.69, 9.17) is 9.97 Å². The molecule has 0 aliphatic carbocycles. The molecule has 1 saturated heterocycles. The molecule has 1 N–H and O–H groups in total. The summed E-state index contributed by atoms with van der Waals surface area (Å²) in [6.45, 7) is 6.41. The first-order valence-corrected chi connectivity index (χ1v) is 8.61. The number of aromatic nitrogens is 2. The van der Waals surface area contributed by atoms with Crippen LogP contribution in [0.1, 0.15) is 5.56 Å². The minimum absolute atomic E-state index is 0.859. The van der Waals surface area contributed by atoms with E-state index in [2.05, 4.69) is 61.3 Å². The van der Waals surface area contributed by atoms with Gasteiger partial charge in [-0.05, 0) is 19.1 Å². The molecule has 1 aromatic heterocycles. The maximum atomic E-state index is 4.97. The van der Waals surface area contributed by atoms with Crippen LogP contribution in [-0.2, 0) is 0 Å². The lowest BCUT2D eigenvalue weighted by Crippen LogP contribution is -3.12. The Bertz CT molecular complexity index is 852. The van der Waals surface area contributed by atoms with Crippen molar-refractivity contribution in [2.75, 3.05) is 38.1 Å². The largest absolute Gasteiger partial charge is 0.334 e. The molecule has 0 atom stereocenters. The van der Waals surface area contributed by atoms with E-state index in [-0.39, 0.29) is 0 Å². The van der Waals surface area contributed by atoms with Gasteiger partial charge in [-0.15, -0.1) is 0 Å². The number of nitrogens with one attached hydrogen (secondary N) is 1. The molecule has 0 amide bonds. The molecule has 1 aliphatic heterocycles. The molecule has 24 heavy (non-hydrogen) atoms. The molecule has 122 valence electrons. The maximum absolute atomic E-state index is 4.97. The number of benzene rings is 2. The number of likely N-dealkylation sites (N-methyl/N-ethyl adjacent to an activating group) is 1. The first-order valence-electron chi connectivity index (χ1n) is 8.61. The Kier molecular flexibility index (Phi) is 3.90. The van der Waals surface area contributed by atoms with Gasteiger partial charge in [-0.3, -0.25) is 0 Å². The van der Waals surface area contributed by atoms with E-state index in [0.717, 1.165) is 54.3 Å². The lowest BCUT2D eigenvalue weighted by molar-refractivity contribution is -0.880. The molecular weight excluding hydrogens is 296 g/mol. The van der Waals surface area contributed by atoms with Crippen LogP contribution < -0.4 is 9.80 Å². The number of quaternary nitrogens is 1. The van der Waals surface area contributed by atoms with Crippen molar-refractivity contribution in [3.8, 4) is 11.3 Å². The van der Waals surface area contributed by atoms with Crippen LogP contribution in [0.4, 0.5) is 5.95 Å². The predicted octanol–water partition coefficient (Wildman–Crippen LogP) is 1.94. The molecule has 2 aromatic carbocycles. The SMILES string of the molecule is Cc1ccc2nc(N3CC[NH+](C)CC3)nc(-c3ccccc3)c2c1. The van der Waals surface area contributed by atoms with Gasteiger partial charge in [-0.1, -0.05) is 42.0 Å². The molecule has 1 aliphatic rings. The molecule has 0 unspecified atom stereocenters. The molecule has 3 aromatic rings. The number of aryl methyl sites for hydroxylation is 1. The molecule has 4 heteroatoms. The highest BCUT2D eigenvalue weighted by Crippen LogP contribution is 2.28. The average Bonchev–Trinajstić information content (AvgIpc) is 2.62. The average molecular weight is 319 g/mol. The van der Waals surface area contributed by atoms with Crippen LogP contribution in [-0.4, -0.2) is 43.2 Å². The third kappa shape index (κ3) is 2.85. The van der Waals surface area contributed by atoms with Crippen LogP contribution in [0.2, 0.25) is 0 Å². The first-order chi connectivity index (χ1) is 11.7. The van der Waals surface area contributed by atoms with Crippen LogP contribution in [0.3, 0.4) is 0 Å². The highest BCUT2D eigenvalue weighted by Gasteiger charge is 2.20. The van der Waals surface area contributed by atoms with Gasteiger partial charge in [-0.2, -0.15) is 0 Å². The summed E-state index contributed by atoms with van der Waals surface area (Å²) >= 11 is 0. The molecule has 0 radical (unpaired) electrons. The lowest BCUT2D eigenvalue weighted by atomic mass is 10.0. The quantitative estimate of drug-likeness (QED) is 0.784. The summed E-state index contributed by atoms with van der Waals surface area (Å²) in [5, 5.41) is 1.13. The van der Waals surface area contributed by atoms with Crippen LogP contribution >= 0.6 is 0 Å². The summed E-state index contributed by atoms with van der Waals surface area (Å²) < 4.78 is 0. The van der Waals surface area contributed by atoms with Crippen LogP contribution in [0.5, 0.6) is 0 Å². The van der Waals surface area contributed by atoms with Crippen LogP contribution in [0.25, 0.3) is 22.2 Å². The minimum Gasteiger partial charge on any atom is -0.334 e. The highest BCUT2D eigenvalue weighted by molar-refractivity contribution is 5.93. The summed E-state index contributed by atoms with van der Waals surface area (Å²) in [6, 6.07) is 16.9. The van der Waals surface area contributed by atoms with Crippen molar-refractivity contribution in [1.82, 2.24) is 9.97 Å². The Balaban J connectivity index is 1.86. The van der Waals surface area contributed by atoms with Gasteiger partial charge < -0.3 is 9.80 Å². The van der Waals surface area contributed by atoms with Gasteiger partial charge in [0, 0.05) is 10.9 Å². The second-order valence-corrected chi connectivity index (χ2v) is 6.70. The van der Waals surface area contributed by atoms with Crippen LogP contribution in [0, 0.1) is 6.92 Å². The fourth-order valence-electron chi connectivity index (χ4n) is 3.28. The predicted molar refractivity (Wildman–Crippen MR) is 98.5 cm³/mol. The molecule has 4 rings (SSSR count). The number of hydrogen-bond donors (Lipinski definition) is 1. The number of hydrogen-bond acceptors (Lipinski definition) is 3. The van der Waals surface area contributed by atoms with Gasteiger partial charge in [0.05, 0.1) is 44.4 Å². The first kappa shape index (κ1) is 15.1. The van der Waals surface area contributed by atoms with Crippen molar-refractivity contribution < 1.29 is 4.90 Å². The van der Waals surface area contributed by atoms with E-state index < -0.39 is 0 Å². The van der Waals surface area contributed by atoms with Crippen molar-refractivity contribution in [2.45, 2.75) is 6.92 Å². The van der Waals surface area contributed by atoms with E-state index in [1.807, 2.05) is 6.07 Å². The summed E-state index contributed by atoms with van der Waals surface area (Å²) in [5.74, 6) is 0.859. The molecular formula is C20H23N4+. The van der Waals surface area contributed by atoms with Gasteiger partial charge in [0.2, 0.25) is 5.95 Å². The summed E-state index contributed by atoms with van der Waals surface area (Å²) in [4.78, 5) is 13.7. The van der Waals surface area contributed by atoms with E-state index in [9.17, 15) is 0 Å². The number of piperazine rings is 1. The molecule has 4 nitrogen and oxygen atoms in total. The number of rotatable bonds is 2. The van der Waals surface area contributed by atoms with Crippen molar-refractivity contribution in [3.05, 3.63) is 54.1 Å². The second-order valence-electron chi connectivity index (χ2n) is 6.70. The van der Waals surface area contributed by atoms with Crippen molar-refractivity contribution in [1.29, 1.82) is 0 Å². The normalized spacial score (nSPS) is 15.8. The highest BCUT2D eigenvalue weighted by atomic mass is 15.3. The Morgan fingerprint density at radius 3 is 2.46 bits per heavy atom. The lowest BCUT2D eigenvalue weighted by Gasteiger charge is -2.30. The second kappa shape index (κ2) is 6.21. The van der Waals surface area contributed by atoms with Gasteiger partial charge >= 0.3 is 0 Å². The third-order valence-electron chi connectivity index (χ3n) is 4.79. The molecule has 1 fully saturated rings. The summed E-state index contributed by atoms with van der Waals surface area (Å²) in [7, 11) is 2.25. The number of nitrogens with zero attached hydrogens (tertiary/aromatic N) is 3. The van der Waals surface area contributed by atoms with Crippen molar-refractivity contribution in [2.24, 2.45) is 0 Å². The Morgan fingerprint density at radius 1 is 0.958 bits per heavy atom. The zero-order valence-corrected chi connectivity index (χ0v) is 14.3. The maximum Gasteiger partial charge on any atom is 0.226 e. The molecule has 0 saturated carbocycles. The minimum atomic E-state index is 0.859. The van der Waals surface area contributed by atoms with Crippen LogP contribution in [0.15, 0.2) is 48.5 Å². The van der Waals surface area contributed by atoms with E-state index >= 15 is 0 Å². The topological polar surface area (TPSA) is 33.5 Å². The Hall–Kier alpha value is -2.46. The zero-order valence-electron chi connectivity index (χ0n) is 14.3. The van der Waals surface area contributed by atoms with Crippen molar-refractivity contribution >= 4 is 16.9 Å². The van der Waals surface area contributed by atoms with Crippen molar-refractivity contribution in [3.63, 3.8) is 0 Å². The monoisotopic (exact) mass is 319 g/mol. The van der Waals surface area contributed by atoms with E-state index in [1.165, 1.54) is 5.56 Å². The standard InChI is InChI=1S/C20H22N4/c1-15-8-9-18-17(14-15)19(16-6-4-3-5-7-16)22-20(21-18)24-12-10-23(2)11-13-24/h3-9,14H,10-13H2,1-2H3/p+1. The Labute approximate surface area is 142 Å². The number of fused-ring (bicyclic) bond motifs is 1. The van der Waals surface area contributed by atoms with Gasteiger partial charge in [0.1, 0.15) is 0 Å². The van der Waals surface area contributed by atoms with E-state index in [0.29, 0.717) is 0 Å². The van der Waals surface area contributed by atoms with Gasteiger partial charge in [-0.25, -0.2) is 9.97 Å². The summed E-state index contributed by atoms with van der Waals surface area (Å²) in [6.07, 6.45) is 0. The van der Waals surface area contributed by atoms with Gasteiger partial charge in [0.15, 0.2) is 0 Å². The smallest absolute Gasteiger partial charge is 0.226 e.